The highest BCUT2D eigenvalue weighted by Gasteiger charge is 2.24. The van der Waals surface area contributed by atoms with E-state index in [1.54, 1.807) is 0 Å². The number of nitrogens with zero attached hydrogens (tertiary/aromatic N) is 3. The summed E-state index contributed by atoms with van der Waals surface area (Å²) in [7, 11) is 0. The molecular formula is C25H27N3O2. The lowest BCUT2D eigenvalue weighted by molar-refractivity contribution is -0.120. The summed E-state index contributed by atoms with van der Waals surface area (Å²) in [5, 5.41) is 1.03. The van der Waals surface area contributed by atoms with Crippen LogP contribution in [0.15, 0.2) is 54.6 Å². The van der Waals surface area contributed by atoms with Crippen LogP contribution in [0.2, 0.25) is 0 Å². The van der Waals surface area contributed by atoms with Gasteiger partial charge in [-0.25, -0.2) is 4.98 Å². The van der Waals surface area contributed by atoms with Crippen molar-refractivity contribution in [3.63, 3.8) is 0 Å². The van der Waals surface area contributed by atoms with Crippen LogP contribution in [0.4, 0.5) is 11.5 Å². The number of rotatable bonds is 4. The van der Waals surface area contributed by atoms with Gasteiger partial charge in [-0.05, 0) is 55.0 Å². The van der Waals surface area contributed by atoms with Crippen LogP contribution in [0.1, 0.15) is 25.3 Å². The molecule has 3 heterocycles. The quantitative estimate of drug-likeness (QED) is 0.648. The van der Waals surface area contributed by atoms with E-state index in [1.807, 2.05) is 41.3 Å². The third-order valence-corrected chi connectivity index (χ3v) is 6.19. The number of benzene rings is 2. The molecule has 5 rings (SSSR count). The van der Waals surface area contributed by atoms with Crippen LogP contribution in [0, 0.1) is 5.92 Å². The van der Waals surface area contributed by atoms with Crippen LogP contribution in [0.3, 0.4) is 0 Å². The van der Waals surface area contributed by atoms with Crippen LogP contribution in [0.5, 0.6) is 5.75 Å². The molecule has 1 saturated heterocycles. The van der Waals surface area contributed by atoms with Gasteiger partial charge in [-0.2, -0.15) is 0 Å². The lowest BCUT2D eigenvalue weighted by atomic mass is 10.0. The number of para-hydroxylation sites is 2. The number of amides is 1. The zero-order chi connectivity index (χ0) is 20.5. The minimum absolute atomic E-state index is 0.0140. The van der Waals surface area contributed by atoms with E-state index >= 15 is 0 Å². The molecule has 5 nitrogen and oxygen atoms in total. The van der Waals surface area contributed by atoms with Gasteiger partial charge < -0.3 is 14.5 Å². The lowest BCUT2D eigenvalue weighted by Gasteiger charge is -2.32. The molecule has 3 aromatic rings. The van der Waals surface area contributed by atoms with Gasteiger partial charge in [0, 0.05) is 30.7 Å². The molecule has 1 atom stereocenters. The van der Waals surface area contributed by atoms with E-state index < -0.39 is 0 Å². The molecule has 1 fully saturated rings. The highest BCUT2D eigenvalue weighted by molar-refractivity contribution is 5.96. The van der Waals surface area contributed by atoms with Crippen molar-refractivity contribution in [1.29, 1.82) is 0 Å². The van der Waals surface area contributed by atoms with Crippen molar-refractivity contribution >= 4 is 28.3 Å². The van der Waals surface area contributed by atoms with E-state index in [2.05, 4.69) is 30.0 Å². The van der Waals surface area contributed by atoms with E-state index in [4.69, 9.17) is 9.72 Å². The summed E-state index contributed by atoms with van der Waals surface area (Å²) >= 11 is 0. The number of hydrogen-bond acceptors (Lipinski definition) is 4. The van der Waals surface area contributed by atoms with Gasteiger partial charge in [-0.15, -0.1) is 0 Å². The summed E-state index contributed by atoms with van der Waals surface area (Å²) in [5.41, 5.74) is 3.05. The molecule has 154 valence electrons. The Bertz CT molecular complexity index is 1080. The van der Waals surface area contributed by atoms with E-state index in [0.717, 1.165) is 41.9 Å². The Labute approximate surface area is 177 Å². The number of anilines is 2. The van der Waals surface area contributed by atoms with E-state index in [1.165, 1.54) is 18.4 Å². The fraction of sp³-hybridized carbons (Fsp3) is 0.360. The SMILES string of the molecule is CC1CCCN(c2ccc3cccc(OCC(=O)N4CCc5ccccc54)c3n2)C1. The Morgan fingerprint density at radius 1 is 1.10 bits per heavy atom. The number of carbonyl (C=O) groups excluding carboxylic acids is 1. The topological polar surface area (TPSA) is 45.7 Å². The summed E-state index contributed by atoms with van der Waals surface area (Å²) in [4.78, 5) is 21.9. The number of fused-ring (bicyclic) bond motifs is 2. The molecule has 2 aliphatic rings. The van der Waals surface area contributed by atoms with Crippen molar-refractivity contribution in [1.82, 2.24) is 4.98 Å². The predicted molar refractivity (Wildman–Crippen MR) is 120 cm³/mol. The predicted octanol–water partition coefficient (Wildman–Crippen LogP) is 4.44. The maximum Gasteiger partial charge on any atom is 0.264 e. The lowest BCUT2D eigenvalue weighted by Crippen LogP contribution is -2.34. The molecule has 30 heavy (non-hydrogen) atoms. The molecule has 5 heteroatoms. The van der Waals surface area contributed by atoms with E-state index in [0.29, 0.717) is 18.2 Å². The van der Waals surface area contributed by atoms with Crippen molar-refractivity contribution in [3.05, 3.63) is 60.2 Å². The standard InChI is InChI=1S/C25H27N3O2/c1-18-6-5-14-27(16-18)23-12-11-20-8-4-10-22(25(20)26-23)30-17-24(29)28-15-13-19-7-2-3-9-21(19)28/h2-4,7-12,18H,5-6,13-17H2,1H3. The Kier molecular flexibility index (Phi) is 5.03. The number of hydrogen-bond donors (Lipinski definition) is 0. The molecule has 0 spiro atoms. The largest absolute Gasteiger partial charge is 0.481 e. The molecule has 0 N–H and O–H groups in total. The maximum absolute atomic E-state index is 12.8. The monoisotopic (exact) mass is 401 g/mol. The van der Waals surface area contributed by atoms with E-state index in [-0.39, 0.29) is 12.5 Å². The van der Waals surface area contributed by atoms with Crippen LogP contribution in [0.25, 0.3) is 10.9 Å². The normalized spacial score (nSPS) is 18.5. The zero-order valence-corrected chi connectivity index (χ0v) is 17.4. The van der Waals surface area contributed by atoms with Crippen molar-refractivity contribution in [2.45, 2.75) is 26.2 Å². The second-order valence-electron chi connectivity index (χ2n) is 8.40. The van der Waals surface area contributed by atoms with Gasteiger partial charge in [0.15, 0.2) is 6.61 Å². The van der Waals surface area contributed by atoms with Crippen LogP contribution in [-0.2, 0) is 11.2 Å². The van der Waals surface area contributed by atoms with Gasteiger partial charge in [0.1, 0.15) is 17.1 Å². The zero-order valence-electron chi connectivity index (χ0n) is 17.4. The highest BCUT2D eigenvalue weighted by Crippen LogP contribution is 2.30. The average Bonchev–Trinajstić information content (AvgIpc) is 3.21. The third-order valence-electron chi connectivity index (χ3n) is 6.19. The number of aromatic nitrogens is 1. The Morgan fingerprint density at radius 3 is 2.90 bits per heavy atom. The number of ether oxygens (including phenoxy) is 1. The van der Waals surface area contributed by atoms with Crippen LogP contribution < -0.4 is 14.5 Å². The minimum Gasteiger partial charge on any atom is -0.481 e. The summed E-state index contributed by atoms with van der Waals surface area (Å²) in [5.74, 6) is 2.33. The van der Waals surface area contributed by atoms with Crippen molar-refractivity contribution in [3.8, 4) is 5.75 Å². The molecule has 0 saturated carbocycles. The maximum atomic E-state index is 12.8. The molecule has 2 aliphatic heterocycles. The van der Waals surface area contributed by atoms with Gasteiger partial charge >= 0.3 is 0 Å². The molecule has 1 aromatic heterocycles. The first-order valence-electron chi connectivity index (χ1n) is 10.8. The summed E-state index contributed by atoms with van der Waals surface area (Å²) < 4.78 is 6.00. The Hall–Kier alpha value is -3.08. The van der Waals surface area contributed by atoms with Crippen molar-refractivity contribution in [2.24, 2.45) is 5.92 Å². The highest BCUT2D eigenvalue weighted by atomic mass is 16.5. The first-order valence-corrected chi connectivity index (χ1v) is 10.8. The van der Waals surface area contributed by atoms with Gasteiger partial charge in [0.05, 0.1) is 0 Å². The summed E-state index contributed by atoms with van der Waals surface area (Å²) in [6, 6.07) is 18.2. The Morgan fingerprint density at radius 2 is 2.00 bits per heavy atom. The van der Waals surface area contributed by atoms with Crippen LogP contribution >= 0.6 is 0 Å². The van der Waals surface area contributed by atoms with Gasteiger partial charge in [-0.1, -0.05) is 37.3 Å². The Balaban J connectivity index is 1.35. The number of pyridine rings is 1. The molecule has 1 amide bonds. The first kappa shape index (κ1) is 18.9. The van der Waals surface area contributed by atoms with Gasteiger partial charge in [0.25, 0.3) is 5.91 Å². The fourth-order valence-electron chi connectivity index (χ4n) is 4.61. The molecule has 2 aromatic carbocycles. The number of piperidine rings is 1. The average molecular weight is 402 g/mol. The smallest absolute Gasteiger partial charge is 0.264 e. The summed E-state index contributed by atoms with van der Waals surface area (Å²) in [6.07, 6.45) is 3.38. The molecular weight excluding hydrogens is 374 g/mol. The second kappa shape index (κ2) is 7.98. The minimum atomic E-state index is -0.0158. The van der Waals surface area contributed by atoms with E-state index in [9.17, 15) is 4.79 Å². The number of carbonyl (C=O) groups is 1. The molecule has 0 radical (unpaired) electrons. The van der Waals surface area contributed by atoms with Crippen LogP contribution in [-0.4, -0.2) is 37.1 Å². The summed E-state index contributed by atoms with van der Waals surface area (Å²) in [6.45, 7) is 5.10. The van der Waals surface area contributed by atoms with Gasteiger partial charge in [-0.3, -0.25) is 4.79 Å². The van der Waals surface area contributed by atoms with Gasteiger partial charge in [0.2, 0.25) is 0 Å². The molecule has 0 aliphatic carbocycles. The fourth-order valence-corrected chi connectivity index (χ4v) is 4.61. The van der Waals surface area contributed by atoms with Crippen molar-refractivity contribution < 1.29 is 9.53 Å². The third kappa shape index (κ3) is 3.60. The molecule has 1 unspecified atom stereocenters. The first-order chi connectivity index (χ1) is 14.7. The second-order valence-corrected chi connectivity index (χ2v) is 8.40. The van der Waals surface area contributed by atoms with Crippen molar-refractivity contribution in [2.75, 3.05) is 36.0 Å². The molecule has 0 bridgehead atoms.